The molecule has 0 radical (unpaired) electrons. The van der Waals surface area contributed by atoms with Crippen molar-refractivity contribution in [1.29, 1.82) is 5.26 Å². The maximum atomic E-state index is 12.4. The third kappa shape index (κ3) is 4.02. The highest BCUT2D eigenvalue weighted by molar-refractivity contribution is 6.10. The lowest BCUT2D eigenvalue weighted by Crippen LogP contribution is -2.15. The molecule has 0 aliphatic carbocycles. The largest absolute Gasteiger partial charge is 0.497 e. The predicted octanol–water partition coefficient (Wildman–Crippen LogP) is 4.17. The Morgan fingerprint density at radius 1 is 1.12 bits per heavy atom. The topological polar surface area (TPSA) is 62.1 Å². The van der Waals surface area contributed by atoms with Crippen LogP contribution in [0, 0.1) is 32.1 Å². The smallest absolute Gasteiger partial charge is 0.266 e. The number of carbonyl (C=O) groups excluding carboxylic acids is 1. The first kappa shape index (κ1) is 17.3. The lowest BCUT2D eigenvalue weighted by molar-refractivity contribution is -0.112. The number of benzene rings is 2. The van der Waals surface area contributed by atoms with Gasteiger partial charge in [0.05, 0.1) is 7.11 Å². The number of methoxy groups -OCH3 is 1. The van der Waals surface area contributed by atoms with Crippen LogP contribution in [0.25, 0.3) is 6.08 Å². The highest BCUT2D eigenvalue weighted by Gasteiger charge is 2.13. The number of hydrogen-bond acceptors (Lipinski definition) is 3. The van der Waals surface area contributed by atoms with Gasteiger partial charge >= 0.3 is 0 Å². The zero-order chi connectivity index (χ0) is 17.7. The fraction of sp³-hybridized carbons (Fsp3) is 0.200. The number of aryl methyl sites for hydroxylation is 3. The van der Waals surface area contributed by atoms with E-state index in [9.17, 15) is 10.1 Å². The molecule has 0 aliphatic rings. The Morgan fingerprint density at radius 3 is 2.21 bits per heavy atom. The molecule has 1 amide bonds. The Bertz CT molecular complexity index is 805. The highest BCUT2D eigenvalue weighted by Crippen LogP contribution is 2.23. The molecule has 0 saturated heterocycles. The van der Waals surface area contributed by atoms with E-state index in [1.807, 2.05) is 39.0 Å². The molecule has 0 bridgehead atoms. The van der Waals surface area contributed by atoms with E-state index in [0.29, 0.717) is 0 Å². The molecule has 0 atom stereocenters. The summed E-state index contributed by atoms with van der Waals surface area (Å²) in [4.78, 5) is 12.4. The molecule has 0 saturated carbocycles. The summed E-state index contributed by atoms with van der Waals surface area (Å²) < 4.78 is 5.10. The van der Waals surface area contributed by atoms with Crippen LogP contribution in [0.4, 0.5) is 5.69 Å². The fourth-order valence-electron chi connectivity index (χ4n) is 2.57. The summed E-state index contributed by atoms with van der Waals surface area (Å²) in [7, 11) is 1.59. The number of carbonyl (C=O) groups is 1. The summed E-state index contributed by atoms with van der Waals surface area (Å²) >= 11 is 0. The second-order valence-electron chi connectivity index (χ2n) is 5.67. The lowest BCUT2D eigenvalue weighted by atomic mass is 10.0. The van der Waals surface area contributed by atoms with Gasteiger partial charge in [0.25, 0.3) is 5.91 Å². The Balaban J connectivity index is 2.26. The molecule has 0 unspecified atom stereocenters. The molecular weight excluding hydrogens is 300 g/mol. The summed E-state index contributed by atoms with van der Waals surface area (Å²) in [5, 5.41) is 12.2. The Kier molecular flexibility index (Phi) is 5.39. The number of nitrogens with zero attached hydrogens (tertiary/aromatic N) is 1. The van der Waals surface area contributed by atoms with Crippen molar-refractivity contribution in [1.82, 2.24) is 0 Å². The minimum atomic E-state index is -0.414. The van der Waals surface area contributed by atoms with Gasteiger partial charge in [0.1, 0.15) is 17.4 Å². The van der Waals surface area contributed by atoms with Gasteiger partial charge in [0.15, 0.2) is 0 Å². The Labute approximate surface area is 142 Å². The first-order chi connectivity index (χ1) is 11.4. The standard InChI is InChI=1S/C20H20N2O2/c1-13-9-14(2)19(15(3)10-13)22-20(23)17(12-21)11-16-5-7-18(24-4)8-6-16/h5-11H,1-4H3,(H,22,23)/b17-11+. The van der Waals surface area contributed by atoms with Gasteiger partial charge in [-0.1, -0.05) is 29.8 Å². The van der Waals surface area contributed by atoms with Gasteiger partial charge in [0, 0.05) is 5.69 Å². The number of anilines is 1. The molecule has 0 aromatic heterocycles. The quantitative estimate of drug-likeness (QED) is 0.679. The van der Waals surface area contributed by atoms with Crippen molar-refractivity contribution >= 4 is 17.7 Å². The van der Waals surface area contributed by atoms with Crippen molar-refractivity contribution in [3.8, 4) is 11.8 Å². The molecule has 2 aromatic rings. The van der Waals surface area contributed by atoms with Crippen LogP contribution in [0.1, 0.15) is 22.3 Å². The molecule has 24 heavy (non-hydrogen) atoms. The van der Waals surface area contributed by atoms with Gasteiger partial charge in [-0.05, 0) is 55.7 Å². The van der Waals surface area contributed by atoms with E-state index in [1.165, 1.54) is 0 Å². The van der Waals surface area contributed by atoms with E-state index in [-0.39, 0.29) is 5.57 Å². The first-order valence-electron chi connectivity index (χ1n) is 7.59. The average molecular weight is 320 g/mol. The van der Waals surface area contributed by atoms with Crippen molar-refractivity contribution in [2.45, 2.75) is 20.8 Å². The maximum Gasteiger partial charge on any atom is 0.266 e. The molecule has 1 N–H and O–H groups in total. The molecule has 0 spiro atoms. The van der Waals surface area contributed by atoms with Crippen LogP contribution >= 0.6 is 0 Å². The van der Waals surface area contributed by atoms with Gasteiger partial charge in [-0.25, -0.2) is 0 Å². The monoisotopic (exact) mass is 320 g/mol. The van der Waals surface area contributed by atoms with Crippen LogP contribution in [0.15, 0.2) is 42.0 Å². The molecule has 4 heteroatoms. The van der Waals surface area contributed by atoms with E-state index in [2.05, 4.69) is 5.32 Å². The van der Waals surface area contributed by atoms with Crippen molar-refractivity contribution in [2.75, 3.05) is 12.4 Å². The second kappa shape index (κ2) is 7.47. The number of nitrogens with one attached hydrogen (secondary N) is 1. The third-order valence-electron chi connectivity index (χ3n) is 3.71. The normalized spacial score (nSPS) is 10.9. The second-order valence-corrected chi connectivity index (χ2v) is 5.67. The van der Waals surface area contributed by atoms with Crippen molar-refractivity contribution in [3.63, 3.8) is 0 Å². The average Bonchev–Trinajstić information content (AvgIpc) is 2.56. The molecule has 2 rings (SSSR count). The zero-order valence-electron chi connectivity index (χ0n) is 14.3. The van der Waals surface area contributed by atoms with Crippen LogP contribution in [0.5, 0.6) is 5.75 Å². The number of rotatable bonds is 4. The third-order valence-corrected chi connectivity index (χ3v) is 3.71. The van der Waals surface area contributed by atoms with Gasteiger partial charge < -0.3 is 10.1 Å². The predicted molar refractivity (Wildman–Crippen MR) is 95.9 cm³/mol. The number of ether oxygens (including phenoxy) is 1. The summed E-state index contributed by atoms with van der Waals surface area (Å²) in [5.41, 5.74) is 4.66. The molecule has 0 fully saturated rings. The Hall–Kier alpha value is -3.06. The van der Waals surface area contributed by atoms with E-state index in [1.54, 1.807) is 37.5 Å². The van der Waals surface area contributed by atoms with Crippen LogP contribution in [-0.4, -0.2) is 13.0 Å². The number of hydrogen-bond donors (Lipinski definition) is 1. The zero-order valence-corrected chi connectivity index (χ0v) is 14.3. The minimum absolute atomic E-state index is 0.0551. The molecule has 0 aliphatic heterocycles. The van der Waals surface area contributed by atoms with Crippen LogP contribution < -0.4 is 10.1 Å². The molecule has 122 valence electrons. The van der Waals surface area contributed by atoms with Gasteiger partial charge in [-0.15, -0.1) is 0 Å². The van der Waals surface area contributed by atoms with E-state index >= 15 is 0 Å². The van der Waals surface area contributed by atoms with Crippen molar-refractivity contribution in [3.05, 3.63) is 64.2 Å². The highest BCUT2D eigenvalue weighted by atomic mass is 16.5. The van der Waals surface area contributed by atoms with Crippen molar-refractivity contribution < 1.29 is 9.53 Å². The van der Waals surface area contributed by atoms with E-state index in [0.717, 1.165) is 33.7 Å². The van der Waals surface area contributed by atoms with Crippen LogP contribution in [-0.2, 0) is 4.79 Å². The van der Waals surface area contributed by atoms with Crippen molar-refractivity contribution in [2.24, 2.45) is 0 Å². The summed E-state index contributed by atoms with van der Waals surface area (Å²) in [5.74, 6) is 0.310. The van der Waals surface area contributed by atoms with E-state index in [4.69, 9.17) is 4.74 Å². The van der Waals surface area contributed by atoms with Gasteiger partial charge in [0.2, 0.25) is 0 Å². The van der Waals surface area contributed by atoms with Crippen LogP contribution in [0.3, 0.4) is 0 Å². The molecule has 0 heterocycles. The lowest BCUT2D eigenvalue weighted by Gasteiger charge is -2.12. The van der Waals surface area contributed by atoms with Gasteiger partial charge in [-0.3, -0.25) is 4.79 Å². The summed E-state index contributed by atoms with van der Waals surface area (Å²) in [6.45, 7) is 5.89. The molecular formula is C20H20N2O2. The fourth-order valence-corrected chi connectivity index (χ4v) is 2.57. The first-order valence-corrected chi connectivity index (χ1v) is 7.59. The van der Waals surface area contributed by atoms with Gasteiger partial charge in [-0.2, -0.15) is 5.26 Å². The SMILES string of the molecule is COc1ccc(/C=C(\C#N)C(=O)Nc2c(C)cc(C)cc2C)cc1. The molecule has 4 nitrogen and oxygen atoms in total. The summed E-state index contributed by atoms with van der Waals surface area (Å²) in [6, 6.07) is 13.1. The maximum absolute atomic E-state index is 12.4. The number of nitriles is 1. The molecule has 2 aromatic carbocycles. The summed E-state index contributed by atoms with van der Waals surface area (Å²) in [6.07, 6.45) is 1.56. The minimum Gasteiger partial charge on any atom is -0.497 e. The number of amides is 1. The van der Waals surface area contributed by atoms with Crippen LogP contribution in [0.2, 0.25) is 0 Å². The van der Waals surface area contributed by atoms with E-state index < -0.39 is 5.91 Å². The Morgan fingerprint density at radius 2 is 1.71 bits per heavy atom.